The van der Waals surface area contributed by atoms with Crippen LogP contribution in [-0.2, 0) is 4.79 Å². The summed E-state index contributed by atoms with van der Waals surface area (Å²) in [5.41, 5.74) is 3.48. The molecule has 6 rings (SSSR count). The first-order valence-corrected chi connectivity index (χ1v) is 14.2. The van der Waals surface area contributed by atoms with Crippen molar-refractivity contribution in [2.75, 3.05) is 12.3 Å². The monoisotopic (exact) mass is 555 g/mol. The Kier molecular flexibility index (Phi) is 7.22. The number of fused-ring (bicyclic) bond motifs is 2. The largest absolute Gasteiger partial charge is 0.356 e. The Morgan fingerprint density at radius 1 is 1.03 bits per heavy atom. The third-order valence-electron chi connectivity index (χ3n) is 7.00. The molecule has 0 fully saturated rings. The molecule has 0 saturated heterocycles. The lowest BCUT2D eigenvalue weighted by Crippen LogP contribution is -2.31. The molecule has 0 radical (unpaired) electrons. The zero-order chi connectivity index (χ0) is 26.8. The van der Waals surface area contributed by atoms with Gasteiger partial charge in [0.2, 0.25) is 5.91 Å². The predicted octanol–water partition coefficient (Wildman–Crippen LogP) is 5.61. The van der Waals surface area contributed by atoms with E-state index in [-0.39, 0.29) is 29.8 Å². The second-order valence-electron chi connectivity index (χ2n) is 9.52. The SMILES string of the molecule is O=C(CC1CSc2nc3c(cnn3-c3cccc(Cl)c3)c(=O)n21)NCCC(c1ccccc1)c1ccccc1. The van der Waals surface area contributed by atoms with E-state index in [9.17, 15) is 9.59 Å². The molecule has 0 aliphatic carbocycles. The molecule has 196 valence electrons. The minimum atomic E-state index is -0.261. The first-order chi connectivity index (χ1) is 19.1. The summed E-state index contributed by atoms with van der Waals surface area (Å²) >= 11 is 7.64. The number of hydrogen-bond acceptors (Lipinski definition) is 5. The highest BCUT2D eigenvalue weighted by Crippen LogP contribution is 2.33. The molecule has 39 heavy (non-hydrogen) atoms. The standard InChI is InChI=1S/C30H26ClN5O2S/c31-22-12-7-13-23(16-22)36-28-26(18-33-36)29(38)35-24(19-39-30(35)34-28)17-27(37)32-15-14-25(20-8-3-1-4-9-20)21-10-5-2-6-11-21/h1-13,16,18,24-25H,14-15,17,19H2,(H,32,37). The highest BCUT2D eigenvalue weighted by molar-refractivity contribution is 7.99. The zero-order valence-electron chi connectivity index (χ0n) is 21.0. The number of thioether (sulfide) groups is 1. The van der Waals surface area contributed by atoms with Crippen LogP contribution in [0.1, 0.15) is 35.9 Å². The fraction of sp³-hybridized carbons (Fsp3) is 0.200. The lowest BCUT2D eigenvalue weighted by Gasteiger charge is -2.19. The molecule has 1 atom stereocenters. The van der Waals surface area contributed by atoms with Gasteiger partial charge in [-0.15, -0.1) is 0 Å². The predicted molar refractivity (Wildman–Crippen MR) is 155 cm³/mol. The molecule has 3 aromatic carbocycles. The molecular formula is C30H26ClN5O2S. The van der Waals surface area contributed by atoms with E-state index in [1.54, 1.807) is 21.4 Å². The molecule has 1 unspecified atom stereocenters. The molecule has 7 nitrogen and oxygen atoms in total. The highest BCUT2D eigenvalue weighted by atomic mass is 35.5. The number of halogens is 1. The molecule has 0 spiro atoms. The number of nitrogens with one attached hydrogen (secondary N) is 1. The summed E-state index contributed by atoms with van der Waals surface area (Å²) in [6.07, 6.45) is 2.53. The molecule has 0 saturated carbocycles. The first kappa shape index (κ1) is 25.4. The van der Waals surface area contributed by atoms with Crippen molar-refractivity contribution in [3.8, 4) is 5.69 Å². The molecule has 1 aliphatic rings. The fourth-order valence-electron chi connectivity index (χ4n) is 5.12. The van der Waals surface area contributed by atoms with Crippen molar-refractivity contribution >= 4 is 40.3 Å². The van der Waals surface area contributed by atoms with Gasteiger partial charge in [0.15, 0.2) is 10.8 Å². The van der Waals surface area contributed by atoms with Crippen LogP contribution in [0.2, 0.25) is 5.02 Å². The van der Waals surface area contributed by atoms with E-state index in [4.69, 9.17) is 16.6 Å². The molecule has 2 aromatic heterocycles. The van der Waals surface area contributed by atoms with Crippen LogP contribution < -0.4 is 10.9 Å². The number of amides is 1. The number of carbonyl (C=O) groups is 1. The second-order valence-corrected chi connectivity index (χ2v) is 10.9. The first-order valence-electron chi connectivity index (χ1n) is 12.8. The van der Waals surface area contributed by atoms with E-state index in [1.807, 2.05) is 48.5 Å². The number of nitrogens with zero attached hydrogens (tertiary/aromatic N) is 4. The lowest BCUT2D eigenvalue weighted by molar-refractivity contribution is -0.121. The van der Waals surface area contributed by atoms with Crippen LogP contribution in [0.15, 0.2) is 101 Å². The Bertz CT molecular complexity index is 1650. The molecule has 3 heterocycles. The summed E-state index contributed by atoms with van der Waals surface area (Å²) < 4.78 is 3.27. The van der Waals surface area contributed by atoms with Crippen molar-refractivity contribution in [1.82, 2.24) is 24.6 Å². The van der Waals surface area contributed by atoms with E-state index < -0.39 is 0 Å². The minimum absolute atomic E-state index is 0.0741. The normalized spacial score (nSPS) is 14.6. The lowest BCUT2D eigenvalue weighted by atomic mass is 9.88. The summed E-state index contributed by atoms with van der Waals surface area (Å²) in [5, 5.41) is 9.07. The van der Waals surface area contributed by atoms with Crippen molar-refractivity contribution in [3.63, 3.8) is 0 Å². The third-order valence-corrected chi connectivity index (χ3v) is 8.34. The minimum Gasteiger partial charge on any atom is -0.356 e. The van der Waals surface area contributed by atoms with Gasteiger partial charge in [0.1, 0.15) is 5.39 Å². The quantitative estimate of drug-likeness (QED) is 0.252. The van der Waals surface area contributed by atoms with Gasteiger partial charge in [-0.2, -0.15) is 5.10 Å². The topological polar surface area (TPSA) is 81.8 Å². The van der Waals surface area contributed by atoms with Gasteiger partial charge in [0.25, 0.3) is 5.56 Å². The van der Waals surface area contributed by atoms with E-state index in [0.29, 0.717) is 33.5 Å². The van der Waals surface area contributed by atoms with Crippen LogP contribution in [0.25, 0.3) is 16.7 Å². The van der Waals surface area contributed by atoms with Crippen LogP contribution in [-0.4, -0.2) is 37.5 Å². The summed E-state index contributed by atoms with van der Waals surface area (Å²) in [6.45, 7) is 0.540. The molecule has 1 N–H and O–H groups in total. The number of carbonyl (C=O) groups excluding carboxylic acids is 1. The molecule has 1 aliphatic heterocycles. The summed E-state index contributed by atoms with van der Waals surface area (Å²) in [5.74, 6) is 0.727. The molecule has 5 aromatic rings. The van der Waals surface area contributed by atoms with Crippen molar-refractivity contribution in [2.45, 2.75) is 30.0 Å². The smallest absolute Gasteiger partial charge is 0.265 e. The second kappa shape index (κ2) is 11.1. The van der Waals surface area contributed by atoms with Gasteiger partial charge in [0, 0.05) is 29.7 Å². The Morgan fingerprint density at radius 2 is 1.74 bits per heavy atom. The third kappa shape index (κ3) is 5.22. The maximum absolute atomic E-state index is 13.4. The molecule has 0 bridgehead atoms. The maximum atomic E-state index is 13.4. The van der Waals surface area contributed by atoms with Gasteiger partial charge in [-0.25, -0.2) is 9.67 Å². The zero-order valence-corrected chi connectivity index (χ0v) is 22.6. The summed E-state index contributed by atoms with van der Waals surface area (Å²) in [6, 6.07) is 27.7. The van der Waals surface area contributed by atoms with E-state index >= 15 is 0 Å². The summed E-state index contributed by atoms with van der Waals surface area (Å²) in [7, 11) is 0. The molecular weight excluding hydrogens is 530 g/mol. The van der Waals surface area contributed by atoms with Crippen molar-refractivity contribution in [3.05, 3.63) is 118 Å². The maximum Gasteiger partial charge on any atom is 0.265 e. The van der Waals surface area contributed by atoms with Crippen LogP contribution in [0, 0.1) is 0 Å². The van der Waals surface area contributed by atoms with Crippen LogP contribution >= 0.6 is 23.4 Å². The Morgan fingerprint density at radius 3 is 2.44 bits per heavy atom. The Labute approximate surface area is 234 Å². The number of rotatable bonds is 8. The van der Waals surface area contributed by atoms with Gasteiger partial charge in [-0.1, -0.05) is 90.1 Å². The summed E-state index contributed by atoms with van der Waals surface area (Å²) in [4.78, 5) is 31.2. The van der Waals surface area contributed by atoms with E-state index in [0.717, 1.165) is 12.1 Å². The average Bonchev–Trinajstić information content (AvgIpc) is 3.57. The van der Waals surface area contributed by atoms with Crippen LogP contribution in [0.3, 0.4) is 0 Å². The van der Waals surface area contributed by atoms with E-state index in [1.165, 1.54) is 29.1 Å². The number of aromatic nitrogens is 4. The molecule has 1 amide bonds. The van der Waals surface area contributed by atoms with Crippen molar-refractivity contribution in [2.24, 2.45) is 0 Å². The number of hydrogen-bond donors (Lipinski definition) is 1. The highest BCUT2D eigenvalue weighted by Gasteiger charge is 2.29. The van der Waals surface area contributed by atoms with Crippen LogP contribution in [0.4, 0.5) is 0 Å². The Balaban J connectivity index is 1.16. The molecule has 9 heteroatoms. The number of benzene rings is 3. The van der Waals surface area contributed by atoms with Gasteiger partial charge < -0.3 is 5.32 Å². The van der Waals surface area contributed by atoms with Gasteiger partial charge >= 0.3 is 0 Å². The van der Waals surface area contributed by atoms with Gasteiger partial charge in [-0.05, 0) is 35.7 Å². The van der Waals surface area contributed by atoms with Crippen LogP contribution in [0.5, 0.6) is 0 Å². The fourth-order valence-corrected chi connectivity index (χ4v) is 6.43. The van der Waals surface area contributed by atoms with E-state index in [2.05, 4.69) is 34.7 Å². The average molecular weight is 556 g/mol. The van der Waals surface area contributed by atoms with Crippen molar-refractivity contribution in [1.29, 1.82) is 0 Å². The van der Waals surface area contributed by atoms with Crippen molar-refractivity contribution < 1.29 is 4.79 Å². The Hall–Kier alpha value is -3.88. The van der Waals surface area contributed by atoms with Gasteiger partial charge in [0.05, 0.1) is 17.9 Å². The van der Waals surface area contributed by atoms with Gasteiger partial charge in [-0.3, -0.25) is 14.2 Å².